The zero-order valence-corrected chi connectivity index (χ0v) is 24.7. The summed E-state index contributed by atoms with van der Waals surface area (Å²) in [7, 11) is 0. The number of nitrogens with one attached hydrogen (secondary N) is 3. The first-order chi connectivity index (χ1) is 18.7. The summed E-state index contributed by atoms with van der Waals surface area (Å²) in [6.45, 7) is 10.7. The van der Waals surface area contributed by atoms with Gasteiger partial charge in [-0.15, -0.1) is 11.8 Å². The van der Waals surface area contributed by atoms with Gasteiger partial charge in [-0.3, -0.25) is 14.4 Å². The van der Waals surface area contributed by atoms with E-state index >= 15 is 0 Å². The molecule has 0 aromatic heterocycles. The lowest BCUT2D eigenvalue weighted by atomic mass is 9.95. The lowest BCUT2D eigenvalue weighted by Gasteiger charge is -2.44. The first kappa shape index (κ1) is 31.3. The Morgan fingerprint density at radius 3 is 2.30 bits per heavy atom. The number of unbranched alkanes of at least 4 members (excludes halogenated alkanes) is 2. The summed E-state index contributed by atoms with van der Waals surface area (Å²) >= 11 is 1.32. The Morgan fingerprint density at radius 2 is 1.73 bits per heavy atom. The smallest absolute Gasteiger partial charge is 0.408 e. The molecule has 1 aromatic carbocycles. The van der Waals surface area contributed by atoms with Crippen LogP contribution in [0.15, 0.2) is 30.3 Å². The molecule has 1 aromatic rings. The first-order valence-electron chi connectivity index (χ1n) is 13.5. The van der Waals surface area contributed by atoms with Gasteiger partial charge < -0.3 is 30.7 Å². The molecule has 5 atom stereocenters. The molecule has 2 aliphatic heterocycles. The van der Waals surface area contributed by atoms with E-state index in [2.05, 4.69) is 16.0 Å². The van der Waals surface area contributed by atoms with E-state index in [0.717, 1.165) is 12.8 Å². The molecule has 0 aliphatic carbocycles. The molecule has 3 rings (SSSR count). The molecule has 2 unspecified atom stereocenters. The summed E-state index contributed by atoms with van der Waals surface area (Å²) in [4.78, 5) is 65.5. The second-order valence-electron chi connectivity index (χ2n) is 11.6. The van der Waals surface area contributed by atoms with Crippen molar-refractivity contribution in [3.05, 3.63) is 35.9 Å². The highest BCUT2D eigenvalue weighted by Gasteiger charge is 2.64. The number of carbonyl (C=O) groups excluding carboxylic acids is 4. The minimum absolute atomic E-state index is 0.350. The number of alkyl carbamates (subject to hydrolysis) is 1. The topological polar surface area (TPSA) is 154 Å². The van der Waals surface area contributed by atoms with Gasteiger partial charge >= 0.3 is 12.1 Å². The van der Waals surface area contributed by atoms with E-state index in [1.807, 2.05) is 6.92 Å². The van der Waals surface area contributed by atoms with Crippen molar-refractivity contribution in [3.8, 4) is 0 Å². The van der Waals surface area contributed by atoms with Crippen LogP contribution >= 0.6 is 11.8 Å². The molecular weight excluding hydrogens is 536 g/mol. The van der Waals surface area contributed by atoms with E-state index in [0.29, 0.717) is 18.4 Å². The van der Waals surface area contributed by atoms with Gasteiger partial charge in [0.25, 0.3) is 0 Å². The molecule has 0 saturated carbocycles. The standard InChI is InChI=1S/C28H40N4O7S/c1-7-8-10-15-17(29-26(38)39-27(2,3)4)21(33)30-18(16-13-11-9-12-14-16)22(34)31-19-23(35)32-20(25(36)37)28(5,6)40-24(19)32/h9,11-14,17-20,24H,7-8,10,15H2,1-6H3,(H,29,38)(H,30,33)(H,31,34)(H,36,37)/t17?,18?,19-,20+,24-/m1/s1. The lowest BCUT2D eigenvalue weighted by Crippen LogP contribution is -2.71. The number of β-lactam (4-membered cyclic amide) rings is 1. The predicted octanol–water partition coefficient (Wildman–Crippen LogP) is 2.95. The van der Waals surface area contributed by atoms with Gasteiger partial charge in [-0.05, 0) is 46.6 Å². The summed E-state index contributed by atoms with van der Waals surface area (Å²) < 4.78 is 4.60. The Hall–Kier alpha value is -3.28. The molecule has 4 N–H and O–H groups in total. The molecular formula is C28H40N4O7S. The number of thioether (sulfide) groups is 1. The first-order valence-corrected chi connectivity index (χ1v) is 14.4. The predicted molar refractivity (Wildman–Crippen MR) is 150 cm³/mol. The van der Waals surface area contributed by atoms with Crippen LogP contribution in [0.1, 0.15) is 78.8 Å². The average molecular weight is 577 g/mol. The van der Waals surface area contributed by atoms with Crippen molar-refractivity contribution in [1.82, 2.24) is 20.9 Å². The number of hydrogen-bond acceptors (Lipinski definition) is 7. The fraction of sp³-hybridized carbons (Fsp3) is 0.607. The number of fused-ring (bicyclic) bond motifs is 1. The number of carboxylic acid groups (broad SMARTS) is 1. The number of amides is 4. The molecule has 4 amide bonds. The van der Waals surface area contributed by atoms with Crippen molar-refractivity contribution in [3.63, 3.8) is 0 Å². The van der Waals surface area contributed by atoms with Crippen LogP contribution in [0, 0.1) is 0 Å². The van der Waals surface area contributed by atoms with Gasteiger partial charge in [-0.25, -0.2) is 9.59 Å². The molecule has 2 saturated heterocycles. The third-order valence-corrected chi connectivity index (χ3v) is 8.33. The van der Waals surface area contributed by atoms with Crippen molar-refractivity contribution in [2.45, 2.75) is 107 Å². The van der Waals surface area contributed by atoms with Crippen LogP contribution in [0.2, 0.25) is 0 Å². The zero-order chi connectivity index (χ0) is 29.8. The van der Waals surface area contributed by atoms with Gasteiger partial charge in [0.2, 0.25) is 17.7 Å². The molecule has 0 bridgehead atoms. The highest BCUT2D eigenvalue weighted by molar-refractivity contribution is 8.01. The highest BCUT2D eigenvalue weighted by atomic mass is 32.2. The van der Waals surface area contributed by atoms with Gasteiger partial charge in [0.15, 0.2) is 0 Å². The monoisotopic (exact) mass is 576 g/mol. The Kier molecular flexibility index (Phi) is 9.76. The number of benzene rings is 1. The number of rotatable bonds is 11. The van der Waals surface area contributed by atoms with Crippen LogP contribution in [0.3, 0.4) is 0 Å². The number of ether oxygens (including phenoxy) is 1. The second kappa shape index (κ2) is 12.5. The Balaban J connectivity index is 1.78. The van der Waals surface area contributed by atoms with Crippen molar-refractivity contribution in [2.24, 2.45) is 0 Å². The van der Waals surface area contributed by atoms with Gasteiger partial charge in [0.05, 0.1) is 0 Å². The Bertz CT molecular complexity index is 1120. The van der Waals surface area contributed by atoms with Crippen LogP contribution in [-0.2, 0) is 23.9 Å². The van der Waals surface area contributed by atoms with Gasteiger partial charge in [0.1, 0.15) is 35.1 Å². The van der Waals surface area contributed by atoms with E-state index in [1.165, 1.54) is 16.7 Å². The Morgan fingerprint density at radius 1 is 1.07 bits per heavy atom. The SMILES string of the molecule is CCCCCC(NC(=O)OC(C)(C)C)C(=O)NC(C(=O)N[C@@H]1C(=O)N2[C@@H]1SC(C)(C)[C@@H]2C(=O)O)c1ccccc1. The largest absolute Gasteiger partial charge is 0.480 e. The van der Waals surface area contributed by atoms with E-state index in [9.17, 15) is 29.1 Å². The number of carboxylic acids is 1. The zero-order valence-electron chi connectivity index (χ0n) is 23.9. The van der Waals surface area contributed by atoms with Gasteiger partial charge in [-0.1, -0.05) is 56.5 Å². The van der Waals surface area contributed by atoms with Crippen molar-refractivity contribution in [1.29, 1.82) is 0 Å². The van der Waals surface area contributed by atoms with Crippen LogP contribution in [0.4, 0.5) is 4.79 Å². The normalized spacial score (nSPS) is 22.8. The minimum Gasteiger partial charge on any atom is -0.480 e. The molecule has 2 aliphatic rings. The third kappa shape index (κ3) is 7.26. The minimum atomic E-state index is -1.15. The summed E-state index contributed by atoms with van der Waals surface area (Å²) in [6.07, 6.45) is 2.07. The van der Waals surface area contributed by atoms with E-state index < -0.39 is 69.7 Å². The number of aliphatic carboxylic acids is 1. The van der Waals surface area contributed by atoms with Crippen molar-refractivity contribution in [2.75, 3.05) is 0 Å². The van der Waals surface area contributed by atoms with Gasteiger partial charge in [0, 0.05) is 4.75 Å². The molecule has 11 nitrogen and oxygen atoms in total. The number of hydrogen-bond donors (Lipinski definition) is 4. The lowest BCUT2D eigenvalue weighted by molar-refractivity contribution is -0.161. The second-order valence-corrected chi connectivity index (χ2v) is 13.4. The summed E-state index contributed by atoms with van der Waals surface area (Å²) in [5.41, 5.74) is -0.263. The molecule has 2 fully saturated rings. The third-order valence-electron chi connectivity index (χ3n) is 6.76. The molecule has 0 spiro atoms. The summed E-state index contributed by atoms with van der Waals surface area (Å²) in [6, 6.07) is 4.56. The van der Waals surface area contributed by atoms with E-state index in [4.69, 9.17) is 4.74 Å². The fourth-order valence-electron chi connectivity index (χ4n) is 4.89. The van der Waals surface area contributed by atoms with Crippen molar-refractivity contribution >= 4 is 41.5 Å². The number of nitrogens with zero attached hydrogens (tertiary/aromatic N) is 1. The maximum atomic E-state index is 13.6. The van der Waals surface area contributed by atoms with E-state index in [1.54, 1.807) is 65.0 Å². The van der Waals surface area contributed by atoms with Gasteiger partial charge in [-0.2, -0.15) is 0 Å². The molecule has 220 valence electrons. The van der Waals surface area contributed by atoms with Crippen molar-refractivity contribution < 1.29 is 33.8 Å². The Labute approximate surface area is 239 Å². The summed E-state index contributed by atoms with van der Waals surface area (Å²) in [5, 5.41) is 17.2. The van der Waals surface area contributed by atoms with Crippen LogP contribution < -0.4 is 16.0 Å². The average Bonchev–Trinajstić information content (AvgIpc) is 3.12. The number of carbonyl (C=O) groups is 5. The fourth-order valence-corrected chi connectivity index (χ4v) is 6.51. The molecule has 0 radical (unpaired) electrons. The quantitative estimate of drug-likeness (QED) is 0.232. The summed E-state index contributed by atoms with van der Waals surface area (Å²) in [5.74, 6) is -2.75. The van der Waals surface area contributed by atoms with E-state index in [-0.39, 0.29) is 0 Å². The maximum Gasteiger partial charge on any atom is 0.408 e. The van der Waals surface area contributed by atoms with Crippen LogP contribution in [-0.4, -0.2) is 73.6 Å². The van der Waals surface area contributed by atoms with Crippen LogP contribution in [0.5, 0.6) is 0 Å². The molecule has 2 heterocycles. The highest BCUT2D eigenvalue weighted by Crippen LogP contribution is 2.50. The van der Waals surface area contributed by atoms with Crippen LogP contribution in [0.25, 0.3) is 0 Å². The maximum absolute atomic E-state index is 13.6. The molecule has 12 heteroatoms. The molecule has 40 heavy (non-hydrogen) atoms.